The number of carboxylic acids is 1. The topological polar surface area (TPSA) is 66.4 Å². The van der Waals surface area contributed by atoms with Gasteiger partial charge in [-0.1, -0.05) is 13.8 Å². The van der Waals surface area contributed by atoms with Crippen molar-refractivity contribution in [2.24, 2.45) is 5.92 Å². The smallest absolute Gasteiger partial charge is 0.397 e. The van der Waals surface area contributed by atoms with Gasteiger partial charge >= 0.3 is 12.1 Å². The molecule has 1 amide bonds. The predicted molar refractivity (Wildman–Crippen MR) is 45.1 cm³/mol. The maximum absolute atomic E-state index is 11.8. The molecule has 0 aliphatic rings. The van der Waals surface area contributed by atoms with Gasteiger partial charge in [0.1, 0.15) is 12.5 Å². The second kappa shape index (κ2) is 4.99. The van der Waals surface area contributed by atoms with Crippen LogP contribution >= 0.6 is 0 Å². The maximum Gasteiger partial charge on any atom is 0.397 e. The van der Waals surface area contributed by atoms with Crippen molar-refractivity contribution >= 4 is 11.9 Å². The number of halogens is 3. The van der Waals surface area contributed by atoms with E-state index in [1.807, 2.05) is 5.32 Å². The van der Waals surface area contributed by atoms with Gasteiger partial charge in [0.15, 0.2) is 0 Å². The van der Waals surface area contributed by atoms with Crippen LogP contribution in [0.3, 0.4) is 0 Å². The number of hydrogen-bond donors (Lipinski definition) is 2. The molecule has 0 heterocycles. The summed E-state index contributed by atoms with van der Waals surface area (Å²) in [5.74, 6) is -3.15. The van der Waals surface area contributed by atoms with Crippen LogP contribution in [0.25, 0.3) is 0 Å². The zero-order valence-corrected chi connectivity index (χ0v) is 8.26. The van der Waals surface area contributed by atoms with E-state index in [-0.39, 0.29) is 0 Å². The van der Waals surface area contributed by atoms with E-state index in [0.717, 1.165) is 0 Å². The Bertz CT molecular complexity index is 250. The number of hydrogen-bond acceptors (Lipinski definition) is 2. The molecule has 1 atom stereocenters. The van der Waals surface area contributed by atoms with Gasteiger partial charge in [-0.25, -0.2) is 4.79 Å². The highest BCUT2D eigenvalue weighted by atomic mass is 19.4. The zero-order chi connectivity index (χ0) is 12.2. The molecule has 0 radical (unpaired) electrons. The van der Waals surface area contributed by atoms with Crippen molar-refractivity contribution in [1.29, 1.82) is 0 Å². The van der Waals surface area contributed by atoms with Crippen molar-refractivity contribution in [2.75, 3.05) is 0 Å². The van der Waals surface area contributed by atoms with Crippen LogP contribution in [0.5, 0.6) is 0 Å². The fraction of sp³-hybridized carbons (Fsp3) is 0.750. The van der Waals surface area contributed by atoms with Crippen LogP contribution in [-0.2, 0) is 9.59 Å². The molecule has 0 saturated carbocycles. The quantitative estimate of drug-likeness (QED) is 0.757. The van der Waals surface area contributed by atoms with Crippen molar-refractivity contribution < 1.29 is 27.9 Å². The molecule has 0 aliphatic carbocycles. The molecule has 0 rings (SSSR count). The number of aliphatic carboxylic acids is 1. The molecule has 0 aliphatic heterocycles. The highest BCUT2D eigenvalue weighted by Crippen LogP contribution is 2.19. The van der Waals surface area contributed by atoms with Gasteiger partial charge in [-0.2, -0.15) is 13.2 Å². The Labute approximate surface area is 84.5 Å². The van der Waals surface area contributed by atoms with E-state index in [4.69, 9.17) is 5.11 Å². The first kappa shape index (κ1) is 13.7. The van der Waals surface area contributed by atoms with Gasteiger partial charge in [-0.15, -0.1) is 0 Å². The van der Waals surface area contributed by atoms with Crippen molar-refractivity contribution in [2.45, 2.75) is 32.5 Å². The number of carboxylic acid groups (broad SMARTS) is 1. The first-order valence-electron chi connectivity index (χ1n) is 4.22. The number of amides is 1. The average Bonchev–Trinajstić information content (AvgIpc) is 1.95. The summed E-state index contributed by atoms with van der Waals surface area (Å²) in [6.07, 6.45) is -6.28. The molecule has 0 aromatic heterocycles. The normalized spacial score (nSPS) is 13.7. The third-order valence-corrected chi connectivity index (χ3v) is 1.61. The standard InChI is InChI=1S/C8H12F3NO3/c1-4(2)6(7(14)15)12-5(13)3-8(9,10)11/h4,6H,3H2,1-2H3,(H,12,13)(H,14,15)/t6-/m0/s1. The number of nitrogens with one attached hydrogen (secondary N) is 1. The predicted octanol–water partition coefficient (Wildman–Crippen LogP) is 1.16. The summed E-state index contributed by atoms with van der Waals surface area (Å²) >= 11 is 0. The molecule has 7 heteroatoms. The van der Waals surface area contributed by atoms with Crippen LogP contribution in [-0.4, -0.2) is 29.2 Å². The van der Waals surface area contributed by atoms with Crippen LogP contribution < -0.4 is 5.32 Å². The van der Waals surface area contributed by atoms with Gasteiger partial charge in [0.25, 0.3) is 0 Å². The molecule has 0 aromatic carbocycles. The van der Waals surface area contributed by atoms with Crippen LogP contribution in [0.4, 0.5) is 13.2 Å². The summed E-state index contributed by atoms with van der Waals surface area (Å²) in [6.45, 7) is 2.99. The van der Waals surface area contributed by atoms with Gasteiger partial charge in [-0.05, 0) is 5.92 Å². The van der Waals surface area contributed by atoms with Gasteiger partial charge in [0.2, 0.25) is 5.91 Å². The minimum Gasteiger partial charge on any atom is -0.480 e. The molecular weight excluding hydrogens is 215 g/mol. The lowest BCUT2D eigenvalue weighted by Gasteiger charge is -2.18. The average molecular weight is 227 g/mol. The fourth-order valence-corrected chi connectivity index (χ4v) is 0.920. The molecule has 0 spiro atoms. The van der Waals surface area contributed by atoms with Gasteiger partial charge in [-0.3, -0.25) is 4.79 Å². The SMILES string of the molecule is CC(C)[C@H](NC(=O)CC(F)(F)F)C(=O)O. The van der Waals surface area contributed by atoms with Crippen molar-refractivity contribution in [3.05, 3.63) is 0 Å². The second-order valence-corrected chi connectivity index (χ2v) is 3.42. The van der Waals surface area contributed by atoms with Crippen LogP contribution in [0.1, 0.15) is 20.3 Å². The first-order valence-corrected chi connectivity index (χ1v) is 4.22. The lowest BCUT2D eigenvalue weighted by atomic mass is 10.0. The molecule has 88 valence electrons. The number of carbonyl (C=O) groups is 2. The highest BCUT2D eigenvalue weighted by Gasteiger charge is 2.33. The van der Waals surface area contributed by atoms with Crippen LogP contribution in [0, 0.1) is 5.92 Å². The Balaban J connectivity index is 4.31. The van der Waals surface area contributed by atoms with Crippen molar-refractivity contribution in [3.8, 4) is 0 Å². The Hall–Kier alpha value is -1.27. The Morgan fingerprint density at radius 2 is 1.80 bits per heavy atom. The third kappa shape index (κ3) is 5.92. The lowest BCUT2D eigenvalue weighted by molar-refractivity contribution is -0.157. The van der Waals surface area contributed by atoms with E-state index in [9.17, 15) is 22.8 Å². The molecule has 0 bridgehead atoms. The van der Waals surface area contributed by atoms with E-state index in [0.29, 0.717) is 0 Å². The Kier molecular flexibility index (Phi) is 4.57. The number of alkyl halides is 3. The molecule has 4 nitrogen and oxygen atoms in total. The summed E-state index contributed by atoms with van der Waals surface area (Å²) in [5, 5.41) is 10.4. The van der Waals surface area contributed by atoms with Crippen molar-refractivity contribution in [3.63, 3.8) is 0 Å². The van der Waals surface area contributed by atoms with E-state index in [1.165, 1.54) is 13.8 Å². The second-order valence-electron chi connectivity index (χ2n) is 3.42. The van der Waals surface area contributed by atoms with Gasteiger partial charge in [0.05, 0.1) is 0 Å². The molecular formula is C8H12F3NO3. The highest BCUT2D eigenvalue weighted by molar-refractivity contribution is 5.83. The number of carbonyl (C=O) groups excluding carboxylic acids is 1. The van der Waals surface area contributed by atoms with E-state index in [2.05, 4.69) is 0 Å². The minimum atomic E-state index is -4.62. The third-order valence-electron chi connectivity index (χ3n) is 1.61. The molecule has 2 N–H and O–H groups in total. The van der Waals surface area contributed by atoms with E-state index >= 15 is 0 Å². The number of rotatable bonds is 4. The van der Waals surface area contributed by atoms with Crippen LogP contribution in [0.2, 0.25) is 0 Å². The molecule has 0 unspecified atom stereocenters. The molecule has 0 saturated heterocycles. The summed E-state index contributed by atoms with van der Waals surface area (Å²) in [7, 11) is 0. The summed E-state index contributed by atoms with van der Waals surface area (Å²) in [4.78, 5) is 21.3. The molecule has 0 aromatic rings. The van der Waals surface area contributed by atoms with E-state index < -0.39 is 36.4 Å². The largest absolute Gasteiger partial charge is 0.480 e. The van der Waals surface area contributed by atoms with Gasteiger partial charge < -0.3 is 10.4 Å². The summed E-state index contributed by atoms with van der Waals surface area (Å²) in [5.41, 5.74) is 0. The lowest BCUT2D eigenvalue weighted by Crippen LogP contribution is -2.45. The fourth-order valence-electron chi connectivity index (χ4n) is 0.920. The summed E-state index contributed by atoms with van der Waals surface area (Å²) in [6, 6.07) is -1.29. The van der Waals surface area contributed by atoms with Crippen molar-refractivity contribution in [1.82, 2.24) is 5.32 Å². The first-order chi connectivity index (χ1) is 6.63. The Morgan fingerprint density at radius 3 is 2.07 bits per heavy atom. The summed E-state index contributed by atoms with van der Waals surface area (Å²) < 4.78 is 35.3. The minimum absolute atomic E-state index is 0.473. The molecule has 0 fully saturated rings. The molecule has 15 heavy (non-hydrogen) atoms. The van der Waals surface area contributed by atoms with Crippen LogP contribution in [0.15, 0.2) is 0 Å². The van der Waals surface area contributed by atoms with Gasteiger partial charge in [0, 0.05) is 0 Å². The Morgan fingerprint density at radius 1 is 1.33 bits per heavy atom. The maximum atomic E-state index is 11.8. The van der Waals surface area contributed by atoms with E-state index in [1.54, 1.807) is 0 Å². The monoisotopic (exact) mass is 227 g/mol. The zero-order valence-electron chi connectivity index (χ0n) is 8.26.